The number of hydrogen-bond donors (Lipinski definition) is 0. The molecule has 7 heteroatoms. The van der Waals surface area contributed by atoms with Gasteiger partial charge in [0.2, 0.25) is 0 Å². The first-order chi connectivity index (χ1) is 13.9. The maximum atomic E-state index is 13.3. The summed E-state index contributed by atoms with van der Waals surface area (Å²) in [4.78, 5) is 24.3. The van der Waals surface area contributed by atoms with E-state index in [1.165, 1.54) is 16.9 Å². The van der Waals surface area contributed by atoms with Gasteiger partial charge < -0.3 is 0 Å². The summed E-state index contributed by atoms with van der Waals surface area (Å²) in [6, 6.07) is 11.9. The Hall–Kier alpha value is -3.06. The van der Waals surface area contributed by atoms with Crippen LogP contribution in [0.3, 0.4) is 0 Å². The fourth-order valence-electron chi connectivity index (χ4n) is 3.29. The lowest BCUT2D eigenvalue weighted by molar-refractivity contribution is -0.119. The number of carbonyl (C=O) groups is 1. The molecule has 4 aromatic rings. The Bertz CT molecular complexity index is 1180. The van der Waals surface area contributed by atoms with E-state index in [1.54, 1.807) is 15.8 Å². The van der Waals surface area contributed by atoms with Crippen LogP contribution in [-0.2, 0) is 17.9 Å². The van der Waals surface area contributed by atoms with E-state index >= 15 is 0 Å². The van der Waals surface area contributed by atoms with Crippen molar-refractivity contribution in [2.24, 2.45) is 0 Å². The Labute approximate surface area is 173 Å². The molecule has 0 saturated heterocycles. The highest BCUT2D eigenvalue weighted by molar-refractivity contribution is 7.22. The number of rotatable bonds is 5. The first kappa shape index (κ1) is 19.3. The topological polar surface area (TPSA) is 63.9 Å². The van der Waals surface area contributed by atoms with Crippen molar-refractivity contribution in [3.05, 3.63) is 70.8 Å². The molecule has 3 aromatic heterocycles. The summed E-state index contributed by atoms with van der Waals surface area (Å²) in [5.41, 5.74) is 5.98. The number of carbonyl (C=O) groups excluding carboxylic acids is 1. The number of nitrogens with zero attached hydrogens (tertiary/aromatic N) is 5. The third-order valence-corrected chi connectivity index (χ3v) is 6.08. The predicted octanol–water partition coefficient (Wildman–Crippen LogP) is 4.35. The monoisotopic (exact) mass is 405 g/mol. The van der Waals surface area contributed by atoms with Crippen molar-refractivity contribution in [2.75, 3.05) is 4.90 Å². The molecule has 3 heterocycles. The lowest BCUT2D eigenvalue weighted by Crippen LogP contribution is -2.34. The Balaban J connectivity index is 1.73. The van der Waals surface area contributed by atoms with E-state index in [2.05, 4.69) is 36.1 Å². The summed E-state index contributed by atoms with van der Waals surface area (Å²) < 4.78 is 2.82. The molecule has 0 aliphatic carbocycles. The number of benzene rings is 1. The predicted molar refractivity (Wildman–Crippen MR) is 116 cm³/mol. The number of pyridine rings is 1. The van der Waals surface area contributed by atoms with E-state index in [9.17, 15) is 4.79 Å². The van der Waals surface area contributed by atoms with Crippen LogP contribution in [0.4, 0.5) is 5.13 Å². The third kappa shape index (κ3) is 3.91. The van der Waals surface area contributed by atoms with Gasteiger partial charge in [-0.1, -0.05) is 23.5 Å². The Morgan fingerprint density at radius 1 is 1.14 bits per heavy atom. The van der Waals surface area contributed by atoms with Crippen LogP contribution in [0.2, 0.25) is 0 Å². The molecule has 0 saturated carbocycles. The highest BCUT2D eigenvalue weighted by Gasteiger charge is 2.22. The van der Waals surface area contributed by atoms with Gasteiger partial charge in [0.1, 0.15) is 6.54 Å². The molecule has 0 unspecified atom stereocenters. The Morgan fingerprint density at radius 3 is 2.66 bits per heavy atom. The summed E-state index contributed by atoms with van der Waals surface area (Å²) in [7, 11) is 0. The van der Waals surface area contributed by atoms with Gasteiger partial charge in [0.15, 0.2) is 5.13 Å². The maximum Gasteiger partial charge on any atom is 0.250 e. The number of anilines is 1. The summed E-state index contributed by atoms with van der Waals surface area (Å²) in [6.07, 6.45) is 1.74. The van der Waals surface area contributed by atoms with Crippen LogP contribution in [0, 0.1) is 27.7 Å². The van der Waals surface area contributed by atoms with Crippen molar-refractivity contribution < 1.29 is 4.79 Å². The minimum absolute atomic E-state index is 0.0599. The zero-order valence-electron chi connectivity index (χ0n) is 17.0. The molecule has 0 aliphatic heterocycles. The Kier molecular flexibility index (Phi) is 5.15. The third-order valence-electron chi connectivity index (χ3n) is 5.04. The van der Waals surface area contributed by atoms with Crippen LogP contribution >= 0.6 is 11.3 Å². The van der Waals surface area contributed by atoms with Crippen molar-refractivity contribution in [3.8, 4) is 0 Å². The standard InChI is InChI=1S/C22H23N5OS/c1-14-8-9-19-21(17(14)4)24-22(29-19)26(12-18-7-5-6-10-23-18)20(28)13-27-16(3)11-15(2)25-27/h5-11H,12-13H2,1-4H3. The first-order valence-corrected chi connectivity index (χ1v) is 10.3. The molecule has 1 aromatic carbocycles. The lowest BCUT2D eigenvalue weighted by Gasteiger charge is -2.20. The van der Waals surface area contributed by atoms with Gasteiger partial charge in [0, 0.05) is 11.9 Å². The number of aromatic nitrogens is 4. The van der Waals surface area contributed by atoms with Crippen LogP contribution in [0.5, 0.6) is 0 Å². The highest BCUT2D eigenvalue weighted by atomic mass is 32.1. The van der Waals surface area contributed by atoms with Crippen molar-refractivity contribution in [1.82, 2.24) is 19.7 Å². The normalized spacial score (nSPS) is 11.2. The lowest BCUT2D eigenvalue weighted by atomic mass is 10.1. The van der Waals surface area contributed by atoms with Gasteiger partial charge in [-0.2, -0.15) is 5.10 Å². The number of hydrogen-bond acceptors (Lipinski definition) is 5. The molecule has 6 nitrogen and oxygen atoms in total. The molecule has 0 bridgehead atoms. The summed E-state index contributed by atoms with van der Waals surface area (Å²) in [6.45, 7) is 8.57. The second-order valence-electron chi connectivity index (χ2n) is 7.24. The van der Waals surface area contributed by atoms with Gasteiger partial charge in [0.25, 0.3) is 5.91 Å². The zero-order chi connectivity index (χ0) is 20.5. The van der Waals surface area contributed by atoms with Crippen LogP contribution in [0.1, 0.15) is 28.2 Å². The largest absolute Gasteiger partial charge is 0.280 e. The molecule has 0 N–H and O–H groups in total. The Morgan fingerprint density at radius 2 is 1.97 bits per heavy atom. The van der Waals surface area contributed by atoms with Gasteiger partial charge >= 0.3 is 0 Å². The molecular weight excluding hydrogens is 382 g/mol. The van der Waals surface area contributed by atoms with Crippen molar-refractivity contribution in [2.45, 2.75) is 40.8 Å². The second-order valence-corrected chi connectivity index (χ2v) is 8.25. The van der Waals surface area contributed by atoms with E-state index in [0.29, 0.717) is 11.7 Å². The second kappa shape index (κ2) is 7.75. The van der Waals surface area contributed by atoms with Gasteiger partial charge in [0.05, 0.1) is 28.1 Å². The molecule has 148 valence electrons. The fraction of sp³-hybridized carbons (Fsp3) is 0.273. The zero-order valence-corrected chi connectivity index (χ0v) is 17.8. The maximum absolute atomic E-state index is 13.3. The number of fused-ring (bicyclic) bond motifs is 1. The fourth-order valence-corrected chi connectivity index (χ4v) is 4.34. The smallest absolute Gasteiger partial charge is 0.250 e. The molecule has 0 radical (unpaired) electrons. The van der Waals surface area contributed by atoms with Gasteiger partial charge in [-0.15, -0.1) is 0 Å². The molecule has 0 spiro atoms. The number of amides is 1. The molecule has 4 rings (SSSR count). The van der Waals surface area contributed by atoms with E-state index in [1.807, 2.05) is 38.1 Å². The quantitative estimate of drug-likeness (QED) is 0.495. The van der Waals surface area contributed by atoms with Crippen molar-refractivity contribution >= 4 is 32.6 Å². The van der Waals surface area contributed by atoms with Crippen molar-refractivity contribution in [3.63, 3.8) is 0 Å². The van der Waals surface area contributed by atoms with E-state index < -0.39 is 0 Å². The van der Waals surface area contributed by atoms with E-state index in [4.69, 9.17) is 4.98 Å². The number of thiazole rings is 1. The first-order valence-electron chi connectivity index (χ1n) is 9.50. The molecular formula is C22H23N5OS. The summed E-state index contributed by atoms with van der Waals surface area (Å²) in [5.74, 6) is -0.0599. The van der Waals surface area contributed by atoms with Crippen molar-refractivity contribution in [1.29, 1.82) is 0 Å². The molecule has 0 atom stereocenters. The SMILES string of the molecule is Cc1cc(C)n(CC(=O)N(Cc2ccccn2)c2nc3c(C)c(C)ccc3s2)n1. The summed E-state index contributed by atoms with van der Waals surface area (Å²) >= 11 is 1.53. The molecule has 1 amide bonds. The van der Waals surface area contributed by atoms with E-state index in [-0.39, 0.29) is 12.5 Å². The molecule has 0 fully saturated rings. The van der Waals surface area contributed by atoms with Gasteiger partial charge in [-0.25, -0.2) is 4.98 Å². The van der Waals surface area contributed by atoms with Crippen LogP contribution in [-0.4, -0.2) is 25.7 Å². The van der Waals surface area contributed by atoms with Gasteiger partial charge in [-0.3, -0.25) is 19.4 Å². The van der Waals surface area contributed by atoms with Gasteiger partial charge in [-0.05, 0) is 63.1 Å². The molecule has 0 aliphatic rings. The van der Waals surface area contributed by atoms with Crippen LogP contribution in [0.25, 0.3) is 10.2 Å². The minimum Gasteiger partial charge on any atom is -0.280 e. The number of aryl methyl sites for hydroxylation is 4. The average molecular weight is 406 g/mol. The van der Waals surface area contributed by atoms with Crippen LogP contribution in [0.15, 0.2) is 42.6 Å². The summed E-state index contributed by atoms with van der Waals surface area (Å²) in [5, 5.41) is 5.12. The minimum atomic E-state index is -0.0599. The van der Waals surface area contributed by atoms with E-state index in [0.717, 1.165) is 32.9 Å². The highest BCUT2D eigenvalue weighted by Crippen LogP contribution is 2.32. The molecule has 29 heavy (non-hydrogen) atoms. The average Bonchev–Trinajstić information content (AvgIpc) is 3.26. The van der Waals surface area contributed by atoms with Crippen LogP contribution < -0.4 is 4.90 Å².